The molecule has 10 heavy (non-hydrogen) atoms. The Balaban J connectivity index is 0.000000810. The monoisotopic (exact) mass is 146 g/mol. The molecule has 0 aromatic carbocycles. The van der Waals surface area contributed by atoms with Crippen LogP contribution in [0.4, 0.5) is 4.70 Å². The molecule has 0 aromatic heterocycles. The predicted molar refractivity (Wildman–Crippen MR) is 43.8 cm³/mol. The third-order valence-corrected chi connectivity index (χ3v) is 4.62. The van der Waals surface area contributed by atoms with E-state index < -0.39 is 0 Å². The molecular weight excluding hydrogens is 127 g/mol. The second kappa shape index (κ2) is 1.75. The molecule has 0 N–H and O–H groups in total. The topological polar surface area (TPSA) is 0 Å². The van der Waals surface area contributed by atoms with Gasteiger partial charge in [0.05, 0.1) is 0 Å². The van der Waals surface area contributed by atoms with Gasteiger partial charge in [-0.05, 0) is 16.2 Å². The second-order valence-electron chi connectivity index (χ2n) is 4.88. The lowest BCUT2D eigenvalue weighted by atomic mass is 10.0. The predicted octanol–water partition coefficient (Wildman–Crippen LogP) is 3.23. The van der Waals surface area contributed by atoms with E-state index in [-0.39, 0.29) is 4.70 Å². The summed E-state index contributed by atoms with van der Waals surface area (Å²) >= 11 is 0. The van der Waals surface area contributed by atoms with E-state index in [1.54, 1.807) is 0 Å². The van der Waals surface area contributed by atoms with Gasteiger partial charge in [-0.2, -0.15) is 0 Å². The lowest BCUT2D eigenvalue weighted by Gasteiger charge is -2.03. The van der Waals surface area contributed by atoms with Crippen LogP contribution in [0.25, 0.3) is 0 Å². The zero-order chi connectivity index (χ0) is 7.50. The molecule has 0 aromatic rings. The maximum Gasteiger partial charge on any atom is -0.0241 e. The van der Waals surface area contributed by atoms with Crippen LogP contribution in [-0.4, -0.2) is 0 Å². The van der Waals surface area contributed by atoms with Gasteiger partial charge < -0.3 is 0 Å². The molecule has 1 fully saturated rings. The van der Waals surface area contributed by atoms with Gasteiger partial charge >= 0.3 is 0 Å². The normalized spacial score (nSPS) is 30.6. The van der Waals surface area contributed by atoms with Crippen molar-refractivity contribution in [2.75, 3.05) is 0 Å². The van der Waals surface area contributed by atoms with Crippen LogP contribution in [-0.2, 0) is 0 Å². The van der Waals surface area contributed by atoms with E-state index in [4.69, 9.17) is 0 Å². The molecule has 0 nitrogen and oxygen atoms in total. The van der Waals surface area contributed by atoms with Crippen molar-refractivity contribution in [2.45, 2.75) is 41.5 Å². The Labute approximate surface area is 63.4 Å². The Morgan fingerprint density at radius 1 is 0.500 bits per heavy atom. The maximum absolute atomic E-state index is 2.35. The molecule has 0 saturated heterocycles. The zero-order valence-electron chi connectivity index (χ0n) is 7.91. The van der Waals surface area contributed by atoms with E-state index in [9.17, 15) is 0 Å². The zero-order valence-corrected chi connectivity index (χ0v) is 7.91. The third-order valence-electron chi connectivity index (χ3n) is 4.62. The molecule has 0 radical (unpaired) electrons. The van der Waals surface area contributed by atoms with Crippen LogP contribution in [0.3, 0.4) is 0 Å². The SMILES string of the molecule is CC1(C)C(C)(C)C1(C)C.F. The highest BCUT2D eigenvalue weighted by molar-refractivity contribution is 5.18. The molecule has 62 valence electrons. The van der Waals surface area contributed by atoms with Gasteiger partial charge in [0.15, 0.2) is 0 Å². The summed E-state index contributed by atoms with van der Waals surface area (Å²) in [4.78, 5) is 0. The summed E-state index contributed by atoms with van der Waals surface area (Å²) in [5, 5.41) is 0. The third kappa shape index (κ3) is 0.613. The summed E-state index contributed by atoms with van der Waals surface area (Å²) in [6.07, 6.45) is 0. The molecule has 1 heteroatoms. The van der Waals surface area contributed by atoms with E-state index in [0.717, 1.165) is 0 Å². The Morgan fingerprint density at radius 3 is 0.600 bits per heavy atom. The van der Waals surface area contributed by atoms with Crippen molar-refractivity contribution in [1.82, 2.24) is 0 Å². The van der Waals surface area contributed by atoms with Crippen molar-refractivity contribution < 1.29 is 4.70 Å². The molecule has 0 bridgehead atoms. The van der Waals surface area contributed by atoms with Crippen molar-refractivity contribution in [2.24, 2.45) is 16.2 Å². The minimum Gasteiger partial charge on any atom is -0.269 e. The molecule has 1 aliphatic carbocycles. The molecule has 1 rings (SSSR count). The number of hydrogen-bond donors (Lipinski definition) is 0. The highest BCUT2D eigenvalue weighted by Gasteiger charge is 2.70. The highest BCUT2D eigenvalue weighted by Crippen LogP contribution is 2.77. The first-order valence-corrected chi connectivity index (χ1v) is 3.75. The van der Waals surface area contributed by atoms with E-state index in [1.807, 2.05) is 0 Å². The molecule has 0 atom stereocenters. The largest absolute Gasteiger partial charge is 0.269 e. The molecule has 0 unspecified atom stereocenters. The van der Waals surface area contributed by atoms with Crippen LogP contribution in [0.1, 0.15) is 41.5 Å². The summed E-state index contributed by atoms with van der Waals surface area (Å²) in [7, 11) is 0. The van der Waals surface area contributed by atoms with Crippen molar-refractivity contribution >= 4 is 0 Å². The van der Waals surface area contributed by atoms with Crippen LogP contribution in [0.2, 0.25) is 0 Å². The standard InChI is InChI=1S/C9H18.FH/c1-7(2)8(3,4)9(7,5)6;/h1-6H3;1H. The van der Waals surface area contributed by atoms with Gasteiger partial charge in [-0.15, -0.1) is 0 Å². The van der Waals surface area contributed by atoms with Crippen LogP contribution >= 0.6 is 0 Å². The van der Waals surface area contributed by atoms with Gasteiger partial charge in [-0.25, -0.2) is 0 Å². The molecular formula is C9H19F. The molecule has 0 spiro atoms. The molecule has 0 heterocycles. The molecule has 0 aliphatic heterocycles. The van der Waals surface area contributed by atoms with Crippen molar-refractivity contribution in [3.05, 3.63) is 0 Å². The van der Waals surface area contributed by atoms with E-state index in [1.165, 1.54) is 0 Å². The van der Waals surface area contributed by atoms with Crippen LogP contribution in [0.5, 0.6) is 0 Å². The fourth-order valence-electron chi connectivity index (χ4n) is 1.88. The summed E-state index contributed by atoms with van der Waals surface area (Å²) in [6, 6.07) is 0. The first-order chi connectivity index (χ1) is 3.75. The van der Waals surface area contributed by atoms with E-state index >= 15 is 0 Å². The van der Waals surface area contributed by atoms with Crippen LogP contribution in [0, 0.1) is 16.2 Å². The smallest absolute Gasteiger partial charge is 0.0241 e. The lowest BCUT2D eigenvalue weighted by Crippen LogP contribution is -1.95. The maximum atomic E-state index is 2.35. The summed E-state index contributed by atoms with van der Waals surface area (Å²) < 4.78 is 0. The number of rotatable bonds is 0. The van der Waals surface area contributed by atoms with E-state index in [0.29, 0.717) is 16.2 Å². The average molecular weight is 146 g/mol. The first-order valence-electron chi connectivity index (χ1n) is 3.75. The van der Waals surface area contributed by atoms with Gasteiger partial charge in [0.1, 0.15) is 0 Å². The first kappa shape index (κ1) is 9.93. The van der Waals surface area contributed by atoms with Gasteiger partial charge in [-0.1, -0.05) is 41.5 Å². The molecule has 1 aliphatic rings. The van der Waals surface area contributed by atoms with Gasteiger partial charge in [0.25, 0.3) is 0 Å². The fraction of sp³-hybridized carbons (Fsp3) is 1.00. The van der Waals surface area contributed by atoms with Crippen molar-refractivity contribution in [3.8, 4) is 0 Å². The molecule has 0 amide bonds. The number of halogens is 1. The molecule has 1 saturated carbocycles. The average Bonchev–Trinajstić information content (AvgIpc) is 1.84. The lowest BCUT2D eigenvalue weighted by molar-refractivity contribution is 0.457. The minimum atomic E-state index is 0. The quantitative estimate of drug-likeness (QED) is 0.492. The summed E-state index contributed by atoms with van der Waals surface area (Å²) in [6.45, 7) is 14.1. The summed E-state index contributed by atoms with van der Waals surface area (Å²) in [5.41, 5.74) is 1.62. The fourth-order valence-corrected chi connectivity index (χ4v) is 1.88. The minimum absolute atomic E-state index is 0. The Morgan fingerprint density at radius 2 is 0.600 bits per heavy atom. The van der Waals surface area contributed by atoms with Crippen molar-refractivity contribution in [3.63, 3.8) is 0 Å². The van der Waals surface area contributed by atoms with Crippen LogP contribution in [0.15, 0.2) is 0 Å². The Bertz CT molecular complexity index is 102. The highest BCUT2D eigenvalue weighted by atomic mass is 19.0. The Hall–Kier alpha value is -0.0700. The van der Waals surface area contributed by atoms with Gasteiger partial charge in [-0.3, -0.25) is 4.70 Å². The Kier molecular flexibility index (Phi) is 1.73. The number of hydrogen-bond acceptors (Lipinski definition) is 0. The summed E-state index contributed by atoms with van der Waals surface area (Å²) in [5.74, 6) is 0. The van der Waals surface area contributed by atoms with Gasteiger partial charge in [0, 0.05) is 0 Å². The van der Waals surface area contributed by atoms with E-state index in [2.05, 4.69) is 41.5 Å². The van der Waals surface area contributed by atoms with Crippen molar-refractivity contribution in [1.29, 1.82) is 0 Å². The van der Waals surface area contributed by atoms with Crippen LogP contribution < -0.4 is 0 Å². The van der Waals surface area contributed by atoms with Gasteiger partial charge in [0.2, 0.25) is 0 Å². The second-order valence-corrected chi connectivity index (χ2v) is 4.88.